The topological polar surface area (TPSA) is 57.8 Å². The number of aryl methyl sites for hydroxylation is 1. The van der Waals surface area contributed by atoms with Crippen LogP contribution in [0, 0.1) is 6.92 Å². The average Bonchev–Trinajstić information content (AvgIpc) is 2.60. The van der Waals surface area contributed by atoms with Crippen molar-refractivity contribution >= 4 is 22.5 Å². The molecule has 0 aliphatic carbocycles. The maximum absolute atomic E-state index is 11.2. The second-order valence-corrected chi connectivity index (χ2v) is 3.48. The van der Waals surface area contributed by atoms with Crippen LogP contribution in [-0.2, 0) is 4.79 Å². The number of H-pyrrole nitrogens is 1. The van der Waals surface area contributed by atoms with E-state index in [0.717, 1.165) is 22.3 Å². The first-order chi connectivity index (χ1) is 7.20. The van der Waals surface area contributed by atoms with Crippen LogP contribution in [0.3, 0.4) is 0 Å². The Balaban J connectivity index is 2.37. The van der Waals surface area contributed by atoms with Crippen molar-refractivity contribution in [3.8, 4) is 0 Å². The third kappa shape index (κ3) is 1.83. The lowest BCUT2D eigenvalue weighted by Crippen LogP contribution is -2.09. The maximum atomic E-state index is 11.2. The van der Waals surface area contributed by atoms with Gasteiger partial charge in [-0.3, -0.25) is 9.89 Å². The van der Waals surface area contributed by atoms with E-state index in [9.17, 15) is 4.79 Å². The molecule has 2 aromatic rings. The summed E-state index contributed by atoms with van der Waals surface area (Å²) in [6, 6.07) is 5.68. The molecule has 0 saturated heterocycles. The van der Waals surface area contributed by atoms with Gasteiger partial charge in [-0.15, -0.1) is 0 Å². The summed E-state index contributed by atoms with van der Waals surface area (Å²) >= 11 is 0. The molecular weight excluding hydrogens is 190 g/mol. The van der Waals surface area contributed by atoms with E-state index in [1.807, 2.05) is 32.0 Å². The molecule has 0 saturated carbocycles. The molecule has 1 aromatic heterocycles. The van der Waals surface area contributed by atoms with E-state index in [1.165, 1.54) is 0 Å². The Kier molecular flexibility index (Phi) is 2.41. The molecule has 4 heteroatoms. The van der Waals surface area contributed by atoms with Crippen LogP contribution in [0.1, 0.15) is 19.0 Å². The Morgan fingerprint density at radius 3 is 3.07 bits per heavy atom. The van der Waals surface area contributed by atoms with Crippen LogP contribution < -0.4 is 5.32 Å². The van der Waals surface area contributed by atoms with Crippen LogP contribution in [0.25, 0.3) is 10.9 Å². The number of rotatable bonds is 2. The fourth-order valence-electron chi connectivity index (χ4n) is 1.47. The standard InChI is InChI=1S/C11H13N3O/c1-3-11(15)12-8-4-5-10-9(6-8)7(2)13-14-10/h4-6H,3H2,1-2H3,(H,12,15)(H,13,14). The number of hydrogen-bond acceptors (Lipinski definition) is 2. The summed E-state index contributed by atoms with van der Waals surface area (Å²) in [6.45, 7) is 3.79. The summed E-state index contributed by atoms with van der Waals surface area (Å²) in [5, 5.41) is 10.9. The largest absolute Gasteiger partial charge is 0.326 e. The van der Waals surface area contributed by atoms with Gasteiger partial charge in [-0.25, -0.2) is 0 Å². The second kappa shape index (κ2) is 3.73. The van der Waals surface area contributed by atoms with Crippen LogP contribution in [-0.4, -0.2) is 16.1 Å². The van der Waals surface area contributed by atoms with Gasteiger partial charge in [-0.2, -0.15) is 5.10 Å². The number of carbonyl (C=O) groups is 1. The van der Waals surface area contributed by atoms with Gasteiger partial charge in [0, 0.05) is 23.2 Å². The number of fused-ring (bicyclic) bond motifs is 1. The highest BCUT2D eigenvalue weighted by molar-refractivity contribution is 5.93. The van der Waals surface area contributed by atoms with Gasteiger partial charge < -0.3 is 5.32 Å². The first-order valence-corrected chi connectivity index (χ1v) is 4.95. The van der Waals surface area contributed by atoms with E-state index in [-0.39, 0.29) is 5.91 Å². The molecule has 1 amide bonds. The highest BCUT2D eigenvalue weighted by Gasteiger charge is 2.03. The van der Waals surface area contributed by atoms with Crippen LogP contribution in [0.2, 0.25) is 0 Å². The Hall–Kier alpha value is -1.84. The van der Waals surface area contributed by atoms with E-state index in [1.54, 1.807) is 0 Å². The van der Waals surface area contributed by atoms with Crippen molar-refractivity contribution in [2.75, 3.05) is 5.32 Å². The molecule has 0 aliphatic heterocycles. The third-order valence-corrected chi connectivity index (χ3v) is 2.35. The fraction of sp³-hybridized carbons (Fsp3) is 0.273. The number of hydrogen-bond donors (Lipinski definition) is 2. The van der Waals surface area contributed by atoms with Gasteiger partial charge in [0.25, 0.3) is 0 Å². The molecule has 0 radical (unpaired) electrons. The van der Waals surface area contributed by atoms with Crippen molar-refractivity contribution in [3.05, 3.63) is 23.9 Å². The van der Waals surface area contributed by atoms with E-state index in [0.29, 0.717) is 6.42 Å². The predicted octanol–water partition coefficient (Wildman–Crippen LogP) is 2.22. The summed E-state index contributed by atoms with van der Waals surface area (Å²) in [6.07, 6.45) is 0.488. The summed E-state index contributed by atoms with van der Waals surface area (Å²) in [5.74, 6) is 0.0236. The smallest absolute Gasteiger partial charge is 0.224 e. The Morgan fingerprint density at radius 2 is 2.33 bits per heavy atom. The summed E-state index contributed by atoms with van der Waals surface area (Å²) in [5.41, 5.74) is 2.75. The number of carbonyl (C=O) groups excluding carboxylic acids is 1. The molecule has 78 valence electrons. The van der Waals surface area contributed by atoms with E-state index >= 15 is 0 Å². The van der Waals surface area contributed by atoms with Gasteiger partial charge in [-0.1, -0.05) is 6.92 Å². The number of nitrogens with zero attached hydrogens (tertiary/aromatic N) is 1. The second-order valence-electron chi connectivity index (χ2n) is 3.48. The first kappa shape index (κ1) is 9.71. The minimum absolute atomic E-state index is 0.0236. The van der Waals surface area contributed by atoms with Crippen LogP contribution in [0.4, 0.5) is 5.69 Å². The van der Waals surface area contributed by atoms with Crippen molar-refractivity contribution in [2.24, 2.45) is 0 Å². The van der Waals surface area contributed by atoms with Gasteiger partial charge >= 0.3 is 0 Å². The molecule has 15 heavy (non-hydrogen) atoms. The van der Waals surface area contributed by atoms with E-state index < -0.39 is 0 Å². The highest BCUT2D eigenvalue weighted by atomic mass is 16.1. The maximum Gasteiger partial charge on any atom is 0.224 e. The number of benzene rings is 1. The lowest BCUT2D eigenvalue weighted by Gasteiger charge is -2.02. The predicted molar refractivity (Wildman–Crippen MR) is 59.8 cm³/mol. The number of amides is 1. The summed E-state index contributed by atoms with van der Waals surface area (Å²) < 4.78 is 0. The molecular formula is C11H13N3O. The van der Waals surface area contributed by atoms with Crippen molar-refractivity contribution in [2.45, 2.75) is 20.3 Å². The molecule has 0 atom stereocenters. The van der Waals surface area contributed by atoms with Gasteiger partial charge in [0.05, 0.1) is 5.52 Å². The van der Waals surface area contributed by atoms with E-state index in [4.69, 9.17) is 0 Å². The fourth-order valence-corrected chi connectivity index (χ4v) is 1.47. The number of nitrogens with one attached hydrogen (secondary N) is 2. The molecule has 2 N–H and O–H groups in total. The zero-order valence-corrected chi connectivity index (χ0v) is 8.79. The number of aromatic nitrogens is 2. The molecule has 4 nitrogen and oxygen atoms in total. The Labute approximate surface area is 87.7 Å². The quantitative estimate of drug-likeness (QED) is 0.786. The molecule has 0 unspecified atom stereocenters. The normalized spacial score (nSPS) is 10.5. The third-order valence-electron chi connectivity index (χ3n) is 2.35. The average molecular weight is 203 g/mol. The van der Waals surface area contributed by atoms with Gasteiger partial charge in [0.1, 0.15) is 0 Å². The van der Waals surface area contributed by atoms with Crippen molar-refractivity contribution in [1.82, 2.24) is 10.2 Å². The van der Waals surface area contributed by atoms with Crippen molar-refractivity contribution in [3.63, 3.8) is 0 Å². The molecule has 2 rings (SSSR count). The SMILES string of the molecule is CCC(=O)Nc1ccc2n[nH]c(C)c2c1. The molecule has 1 heterocycles. The molecule has 0 fully saturated rings. The van der Waals surface area contributed by atoms with E-state index in [2.05, 4.69) is 15.5 Å². The molecule has 0 aliphatic rings. The zero-order chi connectivity index (χ0) is 10.8. The Bertz CT molecular complexity index is 502. The minimum Gasteiger partial charge on any atom is -0.326 e. The van der Waals surface area contributed by atoms with Crippen molar-refractivity contribution in [1.29, 1.82) is 0 Å². The van der Waals surface area contributed by atoms with Crippen molar-refractivity contribution < 1.29 is 4.79 Å². The first-order valence-electron chi connectivity index (χ1n) is 4.95. The van der Waals surface area contributed by atoms with Crippen LogP contribution in [0.5, 0.6) is 0 Å². The minimum atomic E-state index is 0.0236. The summed E-state index contributed by atoms with van der Waals surface area (Å²) in [7, 11) is 0. The number of anilines is 1. The monoisotopic (exact) mass is 203 g/mol. The molecule has 1 aromatic carbocycles. The van der Waals surface area contributed by atoms with Crippen LogP contribution in [0.15, 0.2) is 18.2 Å². The summed E-state index contributed by atoms with van der Waals surface area (Å²) in [4.78, 5) is 11.2. The lowest BCUT2D eigenvalue weighted by atomic mass is 10.2. The lowest BCUT2D eigenvalue weighted by molar-refractivity contribution is -0.115. The van der Waals surface area contributed by atoms with Gasteiger partial charge in [-0.05, 0) is 25.1 Å². The van der Waals surface area contributed by atoms with Gasteiger partial charge in [0.2, 0.25) is 5.91 Å². The van der Waals surface area contributed by atoms with Crippen LogP contribution >= 0.6 is 0 Å². The molecule has 0 bridgehead atoms. The highest BCUT2D eigenvalue weighted by Crippen LogP contribution is 2.19. The van der Waals surface area contributed by atoms with Gasteiger partial charge in [0.15, 0.2) is 0 Å². The zero-order valence-electron chi connectivity index (χ0n) is 8.79. The number of aromatic amines is 1. The Morgan fingerprint density at radius 1 is 1.53 bits per heavy atom. The molecule has 0 spiro atoms.